The molecule has 14 heavy (non-hydrogen) atoms. The Morgan fingerprint density at radius 1 is 1.36 bits per heavy atom. The Kier molecular flexibility index (Phi) is 4.86. The first kappa shape index (κ1) is 13.7. The highest BCUT2D eigenvalue weighted by Crippen LogP contribution is 2.36. The van der Waals surface area contributed by atoms with Crippen molar-refractivity contribution in [1.29, 1.82) is 0 Å². The van der Waals surface area contributed by atoms with Gasteiger partial charge >= 0.3 is 0 Å². The van der Waals surface area contributed by atoms with Crippen LogP contribution >= 0.6 is 0 Å². The summed E-state index contributed by atoms with van der Waals surface area (Å²) in [7, 11) is -1.72. The largest absolute Gasteiger partial charge is 0.413 e. The summed E-state index contributed by atoms with van der Waals surface area (Å²) in [5.74, 6) is 5.35. The van der Waals surface area contributed by atoms with E-state index in [1.807, 2.05) is 0 Å². The van der Waals surface area contributed by atoms with Crippen molar-refractivity contribution < 1.29 is 9.53 Å². The molecule has 0 heterocycles. The van der Waals surface area contributed by atoms with E-state index in [0.29, 0.717) is 6.61 Å². The van der Waals surface area contributed by atoms with Gasteiger partial charge in [-0.05, 0) is 25.1 Å². The molecule has 0 bridgehead atoms. The fourth-order valence-electron chi connectivity index (χ4n) is 0.712. The van der Waals surface area contributed by atoms with Crippen LogP contribution < -0.4 is 0 Å². The molecule has 0 saturated carbocycles. The van der Waals surface area contributed by atoms with Crippen molar-refractivity contribution in [2.24, 2.45) is 0 Å². The Balaban J connectivity index is 4.17. The lowest BCUT2D eigenvalue weighted by Crippen LogP contribution is -2.42. The van der Waals surface area contributed by atoms with E-state index >= 15 is 0 Å². The summed E-state index contributed by atoms with van der Waals surface area (Å²) in [6, 6.07) is 0. The summed E-state index contributed by atoms with van der Waals surface area (Å²) in [4.78, 5) is 0. The minimum atomic E-state index is -1.72. The molecule has 1 atom stereocenters. The Morgan fingerprint density at radius 2 is 1.86 bits per heavy atom. The first-order valence-electron chi connectivity index (χ1n) is 4.95. The predicted octanol–water partition coefficient (Wildman–Crippen LogP) is 2.39. The fraction of sp³-hybridized carbons (Fsp3) is 0.818. The minimum Gasteiger partial charge on any atom is -0.413 e. The van der Waals surface area contributed by atoms with E-state index in [1.54, 1.807) is 6.92 Å². The van der Waals surface area contributed by atoms with Crippen molar-refractivity contribution in [1.82, 2.24) is 0 Å². The van der Waals surface area contributed by atoms with Gasteiger partial charge in [0.25, 0.3) is 0 Å². The zero-order chi connectivity index (χ0) is 11.4. The third-order valence-corrected chi connectivity index (χ3v) is 7.22. The molecule has 0 amide bonds. The lowest BCUT2D eigenvalue weighted by molar-refractivity contribution is 0.142. The highest BCUT2D eigenvalue weighted by Gasteiger charge is 2.37. The van der Waals surface area contributed by atoms with Gasteiger partial charge in [0.05, 0.1) is 6.61 Å². The normalized spacial score (nSPS) is 14.5. The zero-order valence-electron chi connectivity index (χ0n) is 10.1. The van der Waals surface area contributed by atoms with Crippen LogP contribution in [0.15, 0.2) is 0 Å². The molecule has 0 fully saturated rings. The quantitative estimate of drug-likeness (QED) is 0.577. The highest BCUT2D eigenvalue weighted by molar-refractivity contribution is 6.74. The van der Waals surface area contributed by atoms with Gasteiger partial charge in [-0.1, -0.05) is 26.7 Å². The van der Waals surface area contributed by atoms with E-state index in [4.69, 9.17) is 4.43 Å². The standard InChI is InChI=1S/C11H22O2Si/c1-7-8-10(12)9-13-14(5,6)11(2,3)4/h10,12H,9H2,1-6H3/t10-/m1/s1. The molecular formula is C11H22O2Si. The zero-order valence-corrected chi connectivity index (χ0v) is 11.1. The molecule has 3 heteroatoms. The van der Waals surface area contributed by atoms with E-state index in [2.05, 4.69) is 45.7 Å². The molecule has 0 aromatic heterocycles. The smallest absolute Gasteiger partial charge is 0.192 e. The van der Waals surface area contributed by atoms with Crippen molar-refractivity contribution in [3.63, 3.8) is 0 Å². The monoisotopic (exact) mass is 214 g/mol. The van der Waals surface area contributed by atoms with Crippen molar-refractivity contribution in [2.45, 2.75) is 51.9 Å². The second kappa shape index (κ2) is 4.97. The first-order chi connectivity index (χ1) is 6.20. The predicted molar refractivity (Wildman–Crippen MR) is 62.6 cm³/mol. The Morgan fingerprint density at radius 3 is 2.21 bits per heavy atom. The Bertz CT molecular complexity index is 230. The lowest BCUT2D eigenvalue weighted by atomic mass is 10.2. The summed E-state index contributed by atoms with van der Waals surface area (Å²) in [5, 5.41) is 9.59. The van der Waals surface area contributed by atoms with Gasteiger partial charge in [-0.25, -0.2) is 0 Å². The van der Waals surface area contributed by atoms with Crippen molar-refractivity contribution in [3.05, 3.63) is 0 Å². The summed E-state index contributed by atoms with van der Waals surface area (Å²) < 4.78 is 5.79. The molecule has 2 nitrogen and oxygen atoms in total. The molecule has 0 unspecified atom stereocenters. The second-order valence-electron chi connectivity index (χ2n) is 4.98. The van der Waals surface area contributed by atoms with E-state index in [0.717, 1.165) is 0 Å². The lowest BCUT2D eigenvalue weighted by Gasteiger charge is -2.36. The molecule has 0 aromatic rings. The van der Waals surface area contributed by atoms with Gasteiger partial charge in [0, 0.05) is 0 Å². The van der Waals surface area contributed by atoms with Crippen LogP contribution in [0.3, 0.4) is 0 Å². The van der Waals surface area contributed by atoms with E-state index in [1.165, 1.54) is 0 Å². The number of hydrogen-bond donors (Lipinski definition) is 1. The number of aliphatic hydroxyl groups is 1. The summed E-state index contributed by atoms with van der Waals surface area (Å²) >= 11 is 0. The van der Waals surface area contributed by atoms with Gasteiger partial charge < -0.3 is 9.53 Å². The second-order valence-corrected chi connectivity index (χ2v) is 9.79. The van der Waals surface area contributed by atoms with Crippen molar-refractivity contribution in [2.75, 3.05) is 6.61 Å². The third kappa shape index (κ3) is 4.27. The number of hydrogen-bond acceptors (Lipinski definition) is 2. The summed E-state index contributed by atoms with van der Waals surface area (Å²) in [5.41, 5.74) is 0. The first-order valence-corrected chi connectivity index (χ1v) is 7.86. The molecule has 0 aromatic carbocycles. The summed E-state index contributed by atoms with van der Waals surface area (Å²) in [6.07, 6.45) is -0.644. The van der Waals surface area contributed by atoms with Crippen molar-refractivity contribution in [3.8, 4) is 11.8 Å². The van der Waals surface area contributed by atoms with Crippen LogP contribution in [-0.4, -0.2) is 26.1 Å². The van der Waals surface area contributed by atoms with Gasteiger partial charge in [-0.15, -0.1) is 5.92 Å². The topological polar surface area (TPSA) is 29.5 Å². The maximum absolute atomic E-state index is 9.40. The summed E-state index contributed by atoms with van der Waals surface area (Å²) in [6.45, 7) is 12.9. The average molecular weight is 214 g/mol. The molecule has 0 aliphatic rings. The van der Waals surface area contributed by atoms with Crippen molar-refractivity contribution >= 4 is 8.32 Å². The molecule has 0 rings (SSSR count). The maximum Gasteiger partial charge on any atom is 0.192 e. The van der Waals surface area contributed by atoms with Crippen LogP contribution in [0.2, 0.25) is 18.1 Å². The molecular weight excluding hydrogens is 192 g/mol. The van der Waals surface area contributed by atoms with Gasteiger partial charge in [-0.2, -0.15) is 0 Å². The van der Waals surface area contributed by atoms with Gasteiger partial charge in [0.15, 0.2) is 8.32 Å². The maximum atomic E-state index is 9.40. The highest BCUT2D eigenvalue weighted by atomic mass is 28.4. The molecule has 82 valence electrons. The third-order valence-electron chi connectivity index (χ3n) is 2.72. The van der Waals surface area contributed by atoms with Crippen LogP contribution in [0.5, 0.6) is 0 Å². The van der Waals surface area contributed by atoms with Crippen LogP contribution in [0.1, 0.15) is 27.7 Å². The molecule has 0 aliphatic heterocycles. The molecule has 0 spiro atoms. The minimum absolute atomic E-state index is 0.187. The van der Waals surface area contributed by atoms with Crippen LogP contribution in [-0.2, 0) is 4.43 Å². The molecule has 0 radical (unpaired) electrons. The van der Waals surface area contributed by atoms with E-state index in [9.17, 15) is 5.11 Å². The van der Waals surface area contributed by atoms with E-state index in [-0.39, 0.29) is 5.04 Å². The number of rotatable bonds is 3. The molecule has 0 saturated heterocycles. The van der Waals surface area contributed by atoms with Gasteiger partial charge in [0.1, 0.15) is 6.10 Å². The Hall–Kier alpha value is -0.303. The Labute approximate surface area is 88.8 Å². The number of aliphatic hydroxyl groups excluding tert-OH is 1. The SMILES string of the molecule is CC#C[C@@H](O)CO[Si](C)(C)C(C)(C)C. The van der Waals surface area contributed by atoms with E-state index < -0.39 is 14.4 Å². The van der Waals surface area contributed by atoms with Gasteiger partial charge in [-0.3, -0.25) is 0 Å². The fourth-order valence-corrected chi connectivity index (χ4v) is 1.72. The van der Waals surface area contributed by atoms with Crippen LogP contribution in [0.4, 0.5) is 0 Å². The molecule has 1 N–H and O–H groups in total. The van der Waals surface area contributed by atoms with Crippen LogP contribution in [0.25, 0.3) is 0 Å². The van der Waals surface area contributed by atoms with Gasteiger partial charge in [0.2, 0.25) is 0 Å². The average Bonchev–Trinajstić information content (AvgIpc) is 1.99. The van der Waals surface area contributed by atoms with Crippen LogP contribution in [0, 0.1) is 11.8 Å². The molecule has 0 aliphatic carbocycles.